The van der Waals surface area contributed by atoms with E-state index < -0.39 is 10.0 Å². The summed E-state index contributed by atoms with van der Waals surface area (Å²) in [4.78, 5) is 0.195. The number of nitrogens with two attached hydrogens (primary N) is 1. The summed E-state index contributed by atoms with van der Waals surface area (Å²) in [7, 11) is -0.613. The van der Waals surface area contributed by atoms with Crippen LogP contribution in [0.3, 0.4) is 0 Å². The molecule has 0 spiro atoms. The Kier molecular flexibility index (Phi) is 6.17. The molecular formula is C18H21ClN2O4S. The Morgan fingerprint density at radius 1 is 1.00 bits per heavy atom. The largest absolute Gasteiger partial charge is 0.497 e. The van der Waals surface area contributed by atoms with E-state index in [1.807, 2.05) is 6.07 Å². The van der Waals surface area contributed by atoms with Crippen molar-refractivity contribution in [1.82, 2.24) is 3.97 Å². The maximum absolute atomic E-state index is 13.1. The van der Waals surface area contributed by atoms with Crippen molar-refractivity contribution in [2.24, 2.45) is 5.73 Å². The Balaban J connectivity index is 0.00000243. The fraction of sp³-hybridized carbons (Fsp3) is 0.222. The molecule has 26 heavy (non-hydrogen) atoms. The van der Waals surface area contributed by atoms with E-state index in [0.717, 1.165) is 10.9 Å². The highest BCUT2D eigenvalue weighted by atomic mass is 35.5. The molecule has 0 saturated carbocycles. The average Bonchev–Trinajstić information content (AvgIpc) is 3.00. The standard InChI is InChI=1S/C18H20N2O4S.ClH/c1-23-14-3-6-16(7-4-14)25(21,22)20-12-13(9-10-19)17-11-15(24-2)5-8-18(17)20;/h3-8,11-12H,9-10,19H2,1-2H3;1H. The molecule has 3 aromatic rings. The molecule has 0 saturated heterocycles. The molecule has 0 amide bonds. The van der Waals surface area contributed by atoms with Crippen LogP contribution in [0.2, 0.25) is 0 Å². The minimum absolute atomic E-state index is 0. The molecule has 6 nitrogen and oxygen atoms in total. The van der Waals surface area contributed by atoms with Gasteiger partial charge in [-0.1, -0.05) is 0 Å². The summed E-state index contributed by atoms with van der Waals surface area (Å²) in [6.45, 7) is 0.429. The first-order chi connectivity index (χ1) is 12.0. The van der Waals surface area contributed by atoms with Gasteiger partial charge in [0.1, 0.15) is 11.5 Å². The maximum Gasteiger partial charge on any atom is 0.268 e. The highest BCUT2D eigenvalue weighted by Gasteiger charge is 2.21. The Morgan fingerprint density at radius 2 is 1.62 bits per heavy atom. The Labute approximate surface area is 159 Å². The molecule has 1 heterocycles. The molecule has 0 bridgehead atoms. The second-order valence-corrected chi connectivity index (χ2v) is 7.37. The van der Waals surface area contributed by atoms with Crippen molar-refractivity contribution in [2.75, 3.05) is 20.8 Å². The van der Waals surface area contributed by atoms with Gasteiger partial charge in [0.05, 0.1) is 24.6 Å². The van der Waals surface area contributed by atoms with Crippen molar-refractivity contribution < 1.29 is 17.9 Å². The number of ether oxygens (including phenoxy) is 2. The van der Waals surface area contributed by atoms with E-state index in [2.05, 4.69) is 0 Å². The van der Waals surface area contributed by atoms with Crippen LogP contribution in [-0.2, 0) is 16.4 Å². The van der Waals surface area contributed by atoms with Crippen molar-refractivity contribution in [3.05, 3.63) is 54.2 Å². The fourth-order valence-corrected chi connectivity index (χ4v) is 4.18. The third kappa shape index (κ3) is 3.51. The molecule has 0 unspecified atom stereocenters. The van der Waals surface area contributed by atoms with Crippen molar-refractivity contribution in [1.29, 1.82) is 0 Å². The summed E-state index contributed by atoms with van der Waals surface area (Å²) in [6, 6.07) is 11.6. The highest BCUT2D eigenvalue weighted by molar-refractivity contribution is 7.90. The predicted molar refractivity (Wildman–Crippen MR) is 104 cm³/mol. The van der Waals surface area contributed by atoms with Crippen LogP contribution in [0.15, 0.2) is 53.6 Å². The summed E-state index contributed by atoms with van der Waals surface area (Å²) in [5, 5.41) is 0.821. The minimum Gasteiger partial charge on any atom is -0.497 e. The van der Waals surface area contributed by atoms with Gasteiger partial charge in [0, 0.05) is 11.6 Å². The van der Waals surface area contributed by atoms with Gasteiger partial charge in [-0.3, -0.25) is 0 Å². The second-order valence-electron chi connectivity index (χ2n) is 5.55. The van der Waals surface area contributed by atoms with Gasteiger partial charge in [-0.25, -0.2) is 12.4 Å². The lowest BCUT2D eigenvalue weighted by atomic mass is 10.1. The van der Waals surface area contributed by atoms with Gasteiger partial charge in [-0.15, -0.1) is 12.4 Å². The number of nitrogens with zero attached hydrogens (tertiary/aromatic N) is 1. The first-order valence-corrected chi connectivity index (χ1v) is 9.23. The van der Waals surface area contributed by atoms with E-state index in [1.165, 1.54) is 23.2 Å². The maximum atomic E-state index is 13.1. The number of aromatic nitrogens is 1. The number of halogens is 1. The zero-order chi connectivity index (χ0) is 18.0. The van der Waals surface area contributed by atoms with Crippen LogP contribution in [0, 0.1) is 0 Å². The van der Waals surface area contributed by atoms with E-state index in [9.17, 15) is 8.42 Å². The summed E-state index contributed by atoms with van der Waals surface area (Å²) in [5.41, 5.74) is 7.15. The number of hydrogen-bond donors (Lipinski definition) is 1. The molecular weight excluding hydrogens is 376 g/mol. The van der Waals surface area contributed by atoms with Crippen LogP contribution in [0.1, 0.15) is 5.56 Å². The average molecular weight is 397 g/mol. The van der Waals surface area contributed by atoms with Crippen LogP contribution in [0.5, 0.6) is 11.5 Å². The highest BCUT2D eigenvalue weighted by Crippen LogP contribution is 2.30. The topological polar surface area (TPSA) is 83.6 Å². The monoisotopic (exact) mass is 396 g/mol. The number of benzene rings is 2. The van der Waals surface area contributed by atoms with Gasteiger partial charge in [-0.05, 0) is 61.0 Å². The molecule has 3 rings (SSSR count). The van der Waals surface area contributed by atoms with Crippen molar-refractivity contribution >= 4 is 33.3 Å². The second kappa shape index (κ2) is 7.99. The lowest BCUT2D eigenvalue weighted by Crippen LogP contribution is -2.12. The van der Waals surface area contributed by atoms with Crippen LogP contribution >= 0.6 is 12.4 Å². The number of rotatable bonds is 6. The Bertz CT molecular complexity index is 998. The molecule has 0 fully saturated rings. The molecule has 0 aliphatic heterocycles. The van der Waals surface area contributed by atoms with Crippen LogP contribution in [0.25, 0.3) is 10.9 Å². The predicted octanol–water partition coefficient (Wildman–Crippen LogP) is 2.82. The molecule has 0 aliphatic rings. The zero-order valence-corrected chi connectivity index (χ0v) is 16.1. The molecule has 2 aromatic carbocycles. The Hall–Kier alpha value is -2.22. The van der Waals surface area contributed by atoms with Crippen LogP contribution in [0.4, 0.5) is 0 Å². The molecule has 1 aromatic heterocycles. The third-order valence-corrected chi connectivity index (χ3v) is 5.78. The molecule has 0 radical (unpaired) electrons. The molecule has 8 heteroatoms. The van der Waals surface area contributed by atoms with Crippen molar-refractivity contribution in [2.45, 2.75) is 11.3 Å². The summed E-state index contributed by atoms with van der Waals surface area (Å²) >= 11 is 0. The zero-order valence-electron chi connectivity index (χ0n) is 14.5. The third-order valence-electron chi connectivity index (χ3n) is 4.09. The van der Waals surface area contributed by atoms with Crippen LogP contribution < -0.4 is 15.2 Å². The smallest absolute Gasteiger partial charge is 0.268 e. The van der Waals surface area contributed by atoms with Gasteiger partial charge in [-0.2, -0.15) is 0 Å². The summed E-state index contributed by atoms with van der Waals surface area (Å²) in [6.07, 6.45) is 2.21. The number of methoxy groups -OCH3 is 2. The lowest BCUT2D eigenvalue weighted by molar-refractivity contribution is 0.414. The molecule has 2 N–H and O–H groups in total. The Morgan fingerprint density at radius 3 is 2.19 bits per heavy atom. The molecule has 0 aliphatic carbocycles. The minimum atomic E-state index is -3.73. The SMILES string of the molecule is COc1ccc(S(=O)(=O)n2cc(CCN)c3cc(OC)ccc32)cc1.Cl. The molecule has 140 valence electrons. The number of fused-ring (bicyclic) bond motifs is 1. The first kappa shape index (κ1) is 20.1. The lowest BCUT2D eigenvalue weighted by Gasteiger charge is -2.09. The van der Waals surface area contributed by atoms with E-state index in [1.54, 1.807) is 37.6 Å². The van der Waals surface area contributed by atoms with Gasteiger partial charge in [0.25, 0.3) is 10.0 Å². The van der Waals surface area contributed by atoms with Crippen LogP contribution in [-0.4, -0.2) is 33.2 Å². The van der Waals surface area contributed by atoms with Crippen molar-refractivity contribution in [3.63, 3.8) is 0 Å². The van der Waals surface area contributed by atoms with Gasteiger partial charge in [0.15, 0.2) is 0 Å². The van der Waals surface area contributed by atoms with E-state index in [0.29, 0.717) is 30.0 Å². The fourth-order valence-electron chi connectivity index (χ4n) is 2.79. The van der Waals surface area contributed by atoms with Gasteiger partial charge >= 0.3 is 0 Å². The first-order valence-electron chi connectivity index (χ1n) is 7.79. The van der Waals surface area contributed by atoms with Gasteiger partial charge < -0.3 is 15.2 Å². The normalized spacial score (nSPS) is 11.2. The van der Waals surface area contributed by atoms with Gasteiger partial charge in [0.2, 0.25) is 0 Å². The molecule has 0 atom stereocenters. The quantitative estimate of drug-likeness (QED) is 0.692. The van der Waals surface area contributed by atoms with E-state index >= 15 is 0 Å². The van der Waals surface area contributed by atoms with E-state index in [-0.39, 0.29) is 17.3 Å². The summed E-state index contributed by atoms with van der Waals surface area (Å²) < 4.78 is 37.8. The number of hydrogen-bond acceptors (Lipinski definition) is 5. The summed E-state index contributed by atoms with van der Waals surface area (Å²) in [5.74, 6) is 1.27. The van der Waals surface area contributed by atoms with E-state index in [4.69, 9.17) is 15.2 Å². The van der Waals surface area contributed by atoms with Crippen molar-refractivity contribution in [3.8, 4) is 11.5 Å².